The molecule has 13 nitrogen and oxygen atoms in total. The van der Waals surface area contributed by atoms with Crippen LogP contribution in [-0.2, 0) is 24.0 Å². The lowest BCUT2D eigenvalue weighted by Crippen LogP contribution is -2.62. The van der Waals surface area contributed by atoms with E-state index in [1.165, 1.54) is 13.8 Å². The Morgan fingerprint density at radius 3 is 2.03 bits per heavy atom. The van der Waals surface area contributed by atoms with Crippen LogP contribution >= 0.6 is 0 Å². The summed E-state index contributed by atoms with van der Waals surface area (Å²) in [6, 6.07) is -5.49. The summed E-state index contributed by atoms with van der Waals surface area (Å²) in [6.45, 7) is 2.57. The quantitative estimate of drug-likeness (QED) is 0.178. The summed E-state index contributed by atoms with van der Waals surface area (Å²) >= 11 is 0. The molecule has 1 heterocycles. The number of carbonyl (C=O) groups excluding carboxylic acids is 4. The zero-order valence-corrected chi connectivity index (χ0v) is 16.8. The van der Waals surface area contributed by atoms with Crippen LogP contribution in [0.3, 0.4) is 0 Å². The molecule has 1 aliphatic rings. The third-order valence-electron chi connectivity index (χ3n) is 4.69. The largest absolute Gasteiger partial charge is 0.480 e. The lowest BCUT2D eigenvalue weighted by molar-refractivity contribution is -0.151. The minimum absolute atomic E-state index is 0.146. The van der Waals surface area contributed by atoms with Crippen molar-refractivity contribution in [2.75, 3.05) is 6.54 Å². The molecule has 1 aliphatic heterocycles. The maximum Gasteiger partial charge on any atom is 0.326 e. The highest BCUT2D eigenvalue weighted by molar-refractivity contribution is 5.95. The van der Waals surface area contributed by atoms with Gasteiger partial charge in [0, 0.05) is 6.54 Å². The molecule has 0 saturated carbocycles. The Kier molecular flexibility index (Phi) is 9.14. The summed E-state index contributed by atoms with van der Waals surface area (Å²) in [4.78, 5) is 60.7. The average Bonchev–Trinajstić information content (AvgIpc) is 3.12. The molecule has 0 radical (unpaired) electrons. The number of carboxylic acid groups (broad SMARTS) is 1. The molecule has 0 aliphatic carbocycles. The van der Waals surface area contributed by atoms with Crippen molar-refractivity contribution < 1.29 is 39.3 Å². The molecule has 1 fully saturated rings. The van der Waals surface area contributed by atoms with E-state index in [4.69, 9.17) is 11.5 Å². The normalized spacial score (nSPS) is 21.1. The van der Waals surface area contributed by atoms with Gasteiger partial charge in [0.1, 0.15) is 18.1 Å². The number of hydrogen-bond donors (Lipinski definition) is 7. The van der Waals surface area contributed by atoms with Gasteiger partial charge >= 0.3 is 5.97 Å². The van der Waals surface area contributed by atoms with Gasteiger partial charge in [-0.2, -0.15) is 0 Å². The van der Waals surface area contributed by atoms with Crippen molar-refractivity contribution in [2.24, 2.45) is 11.5 Å². The average molecular weight is 431 g/mol. The second-order valence-electron chi connectivity index (χ2n) is 7.26. The number of aliphatic hydroxyl groups is 2. The molecule has 0 spiro atoms. The first kappa shape index (κ1) is 25.3. The third-order valence-corrected chi connectivity index (χ3v) is 4.69. The molecule has 6 atom stereocenters. The van der Waals surface area contributed by atoms with Crippen LogP contribution in [0.15, 0.2) is 0 Å². The van der Waals surface area contributed by atoms with E-state index in [0.717, 1.165) is 4.90 Å². The highest BCUT2D eigenvalue weighted by Gasteiger charge is 2.40. The van der Waals surface area contributed by atoms with Gasteiger partial charge in [-0.1, -0.05) is 0 Å². The van der Waals surface area contributed by atoms with Crippen LogP contribution in [-0.4, -0.2) is 92.7 Å². The molecule has 30 heavy (non-hydrogen) atoms. The van der Waals surface area contributed by atoms with Crippen LogP contribution in [0.2, 0.25) is 0 Å². The number of aliphatic carboxylic acids is 1. The molecule has 0 aromatic heterocycles. The number of nitrogens with one attached hydrogen (secondary N) is 2. The molecule has 1 rings (SSSR count). The first-order chi connectivity index (χ1) is 13.9. The number of hydrogen-bond acceptors (Lipinski definition) is 8. The number of nitrogens with zero attached hydrogens (tertiary/aromatic N) is 1. The monoisotopic (exact) mass is 431 g/mol. The van der Waals surface area contributed by atoms with Gasteiger partial charge in [-0.15, -0.1) is 0 Å². The van der Waals surface area contributed by atoms with Crippen molar-refractivity contribution in [3.8, 4) is 0 Å². The van der Waals surface area contributed by atoms with Crippen LogP contribution < -0.4 is 22.1 Å². The topological polar surface area (TPSA) is 225 Å². The number of carboxylic acids is 1. The van der Waals surface area contributed by atoms with Crippen LogP contribution in [0, 0.1) is 0 Å². The van der Waals surface area contributed by atoms with Crippen molar-refractivity contribution >= 4 is 29.6 Å². The van der Waals surface area contributed by atoms with Gasteiger partial charge in [0.25, 0.3) is 0 Å². The fraction of sp³-hybridized carbons (Fsp3) is 0.706. The van der Waals surface area contributed by atoms with E-state index >= 15 is 0 Å². The summed E-state index contributed by atoms with van der Waals surface area (Å²) in [7, 11) is 0. The van der Waals surface area contributed by atoms with Crippen LogP contribution in [0.1, 0.15) is 33.1 Å². The zero-order valence-electron chi connectivity index (χ0n) is 16.8. The summed E-state index contributed by atoms with van der Waals surface area (Å²) in [5.74, 6) is -4.78. The Hall–Kier alpha value is -2.77. The lowest BCUT2D eigenvalue weighted by atomic mass is 10.1. The fourth-order valence-electron chi connectivity index (χ4n) is 3.07. The maximum atomic E-state index is 12.7. The van der Waals surface area contributed by atoms with Crippen molar-refractivity contribution in [2.45, 2.75) is 69.5 Å². The van der Waals surface area contributed by atoms with E-state index in [0.29, 0.717) is 6.42 Å². The minimum Gasteiger partial charge on any atom is -0.480 e. The van der Waals surface area contributed by atoms with E-state index in [2.05, 4.69) is 10.6 Å². The second kappa shape index (κ2) is 10.8. The Morgan fingerprint density at radius 1 is 1.03 bits per heavy atom. The van der Waals surface area contributed by atoms with Crippen molar-refractivity contribution in [1.82, 2.24) is 15.5 Å². The summed E-state index contributed by atoms with van der Waals surface area (Å²) in [5, 5.41) is 33.5. The highest BCUT2D eigenvalue weighted by Crippen LogP contribution is 2.19. The molecule has 4 amide bonds. The Labute approximate surface area is 172 Å². The number of primary amides is 1. The second-order valence-corrected chi connectivity index (χ2v) is 7.26. The Morgan fingerprint density at radius 2 is 1.57 bits per heavy atom. The number of nitrogens with two attached hydrogens (primary N) is 2. The summed E-state index contributed by atoms with van der Waals surface area (Å²) < 4.78 is 0. The van der Waals surface area contributed by atoms with E-state index in [1.807, 2.05) is 0 Å². The minimum atomic E-state index is -1.56. The molecule has 6 unspecified atom stereocenters. The fourth-order valence-corrected chi connectivity index (χ4v) is 3.07. The van der Waals surface area contributed by atoms with Gasteiger partial charge in [0.15, 0.2) is 0 Å². The third kappa shape index (κ3) is 6.64. The number of amides is 4. The molecule has 0 aromatic carbocycles. The first-order valence-corrected chi connectivity index (χ1v) is 9.40. The van der Waals surface area contributed by atoms with Crippen LogP contribution in [0.5, 0.6) is 0 Å². The van der Waals surface area contributed by atoms with Gasteiger partial charge in [-0.3, -0.25) is 19.2 Å². The number of carbonyl (C=O) groups is 5. The van der Waals surface area contributed by atoms with Gasteiger partial charge in [0.2, 0.25) is 23.6 Å². The van der Waals surface area contributed by atoms with Gasteiger partial charge < -0.3 is 42.3 Å². The Bertz CT molecular complexity index is 683. The molecule has 9 N–H and O–H groups in total. The first-order valence-electron chi connectivity index (χ1n) is 9.40. The van der Waals surface area contributed by atoms with Crippen LogP contribution in [0.25, 0.3) is 0 Å². The predicted molar refractivity (Wildman–Crippen MR) is 101 cm³/mol. The maximum absolute atomic E-state index is 12.7. The highest BCUT2D eigenvalue weighted by atomic mass is 16.4. The molecule has 0 aromatic rings. The van der Waals surface area contributed by atoms with E-state index in [-0.39, 0.29) is 13.0 Å². The SMILES string of the molecule is CC(O)C(NC(=O)C(N)CC(N)=O)C(=O)NC(C(=O)N1CCCC1C(=O)O)C(C)O. The summed E-state index contributed by atoms with van der Waals surface area (Å²) in [6.07, 6.45) is -2.60. The standard InChI is InChI=1S/C17H29N5O8/c1-7(23)12(20-14(26)9(18)6-11(19)25)15(27)21-13(8(2)24)16(28)22-5-3-4-10(22)17(29)30/h7-10,12-13,23-24H,3-6,18H2,1-2H3,(H2,19,25)(H,20,26)(H,21,27)(H,29,30). The molecular formula is C17H29N5O8. The zero-order chi connectivity index (χ0) is 23.2. The smallest absolute Gasteiger partial charge is 0.326 e. The van der Waals surface area contributed by atoms with Crippen molar-refractivity contribution in [3.05, 3.63) is 0 Å². The molecule has 0 bridgehead atoms. The van der Waals surface area contributed by atoms with Crippen molar-refractivity contribution in [1.29, 1.82) is 0 Å². The molecule has 13 heteroatoms. The van der Waals surface area contributed by atoms with E-state index in [1.54, 1.807) is 0 Å². The molecular weight excluding hydrogens is 402 g/mol. The van der Waals surface area contributed by atoms with E-state index in [9.17, 15) is 39.3 Å². The number of aliphatic hydroxyl groups excluding tert-OH is 2. The summed E-state index contributed by atoms with van der Waals surface area (Å²) in [5.41, 5.74) is 10.5. The van der Waals surface area contributed by atoms with Gasteiger partial charge in [-0.05, 0) is 26.7 Å². The molecule has 1 saturated heterocycles. The van der Waals surface area contributed by atoms with Gasteiger partial charge in [0.05, 0.1) is 24.7 Å². The predicted octanol–water partition coefficient (Wildman–Crippen LogP) is -4.00. The number of rotatable bonds is 10. The lowest BCUT2D eigenvalue weighted by Gasteiger charge is -2.30. The van der Waals surface area contributed by atoms with Gasteiger partial charge in [-0.25, -0.2) is 4.79 Å². The van der Waals surface area contributed by atoms with E-state index < -0.39 is 72.4 Å². The van der Waals surface area contributed by atoms with Crippen LogP contribution in [0.4, 0.5) is 0 Å². The number of likely N-dealkylation sites (tertiary alicyclic amines) is 1. The Balaban J connectivity index is 2.93. The molecule has 170 valence electrons. The van der Waals surface area contributed by atoms with Crippen molar-refractivity contribution in [3.63, 3.8) is 0 Å².